The molecule has 3 N–H and O–H groups in total. The highest BCUT2D eigenvalue weighted by Crippen LogP contribution is 2.39. The molecule has 0 saturated heterocycles. The van der Waals surface area contributed by atoms with Gasteiger partial charge in [0.2, 0.25) is 5.75 Å². The fraction of sp³-hybridized carbons (Fsp3) is 0.450. The van der Waals surface area contributed by atoms with Crippen molar-refractivity contribution in [3.8, 4) is 17.2 Å². The lowest BCUT2D eigenvalue weighted by molar-refractivity contribution is 0.0386. The van der Waals surface area contributed by atoms with E-state index in [0.29, 0.717) is 42.1 Å². The Balaban J connectivity index is 0.00000420. The highest BCUT2D eigenvalue weighted by atomic mass is 127. The first-order valence-corrected chi connectivity index (χ1v) is 9.03. The molecule has 0 spiro atoms. The van der Waals surface area contributed by atoms with Gasteiger partial charge in [0.25, 0.3) is 0 Å². The van der Waals surface area contributed by atoms with Crippen molar-refractivity contribution in [2.24, 2.45) is 4.99 Å². The van der Waals surface area contributed by atoms with E-state index < -0.39 is 5.60 Å². The number of nitrogens with one attached hydrogen (secondary N) is 2. The van der Waals surface area contributed by atoms with Gasteiger partial charge in [-0.3, -0.25) is 0 Å². The number of ether oxygens (including phenoxy) is 3. The first-order chi connectivity index (χ1) is 13.5. The summed E-state index contributed by atoms with van der Waals surface area (Å²) in [6.45, 7) is 4.91. The van der Waals surface area contributed by atoms with Crippen molar-refractivity contribution in [1.29, 1.82) is 0 Å². The summed E-state index contributed by atoms with van der Waals surface area (Å²) in [7, 11) is 4.72. The summed E-state index contributed by atoms with van der Waals surface area (Å²) >= 11 is 0. The number of furan rings is 1. The van der Waals surface area contributed by atoms with Crippen LogP contribution in [0.2, 0.25) is 0 Å². The molecule has 1 atom stereocenters. The normalized spacial score (nSPS) is 13.1. The van der Waals surface area contributed by atoms with Crippen molar-refractivity contribution < 1.29 is 23.7 Å². The van der Waals surface area contributed by atoms with Crippen LogP contribution >= 0.6 is 24.0 Å². The van der Waals surface area contributed by atoms with Crippen LogP contribution in [0.15, 0.2) is 39.9 Å². The maximum atomic E-state index is 10.6. The summed E-state index contributed by atoms with van der Waals surface area (Å²) in [6, 6.07) is 7.17. The van der Waals surface area contributed by atoms with Crippen molar-refractivity contribution in [2.75, 3.05) is 34.4 Å². The number of rotatable bonds is 9. The Morgan fingerprint density at radius 1 is 1.10 bits per heavy atom. The lowest BCUT2D eigenvalue weighted by atomic mass is 10.0. The molecule has 0 saturated carbocycles. The molecule has 1 aromatic carbocycles. The second kappa shape index (κ2) is 11.8. The van der Waals surface area contributed by atoms with Crippen molar-refractivity contribution in [2.45, 2.75) is 26.0 Å². The number of hydrogen-bond acceptors (Lipinski definition) is 6. The van der Waals surface area contributed by atoms with Gasteiger partial charge >= 0.3 is 0 Å². The number of guanidine groups is 1. The third-order valence-corrected chi connectivity index (χ3v) is 4.19. The number of benzene rings is 1. The van der Waals surface area contributed by atoms with E-state index in [2.05, 4.69) is 15.6 Å². The average Bonchev–Trinajstić information content (AvgIpc) is 3.25. The van der Waals surface area contributed by atoms with Crippen LogP contribution in [0.25, 0.3) is 0 Å². The van der Waals surface area contributed by atoms with E-state index in [1.54, 1.807) is 40.4 Å². The minimum Gasteiger partial charge on any atom is -0.493 e. The van der Waals surface area contributed by atoms with E-state index in [1.165, 1.54) is 6.26 Å². The molecule has 2 rings (SSSR count). The molecular formula is C20H30IN3O5. The van der Waals surface area contributed by atoms with Gasteiger partial charge in [0, 0.05) is 12.1 Å². The van der Waals surface area contributed by atoms with E-state index in [9.17, 15) is 5.11 Å². The number of nitrogens with zero attached hydrogens (tertiary/aromatic N) is 1. The molecule has 1 aromatic heterocycles. The number of hydrogen-bond donors (Lipinski definition) is 3. The van der Waals surface area contributed by atoms with E-state index in [1.807, 2.05) is 19.1 Å². The highest BCUT2D eigenvalue weighted by Gasteiger charge is 2.26. The Morgan fingerprint density at radius 3 is 2.38 bits per heavy atom. The zero-order valence-electron chi connectivity index (χ0n) is 17.4. The SMILES string of the molecule is CCNC(=NCc1ccc(OC)c(OC)c1OC)NCC(C)(O)c1ccco1.I. The number of halogens is 1. The summed E-state index contributed by atoms with van der Waals surface area (Å²) in [4.78, 5) is 4.58. The second-order valence-electron chi connectivity index (χ2n) is 6.29. The molecule has 0 aliphatic heterocycles. The smallest absolute Gasteiger partial charge is 0.203 e. The van der Waals surface area contributed by atoms with E-state index in [4.69, 9.17) is 18.6 Å². The van der Waals surface area contributed by atoms with Crippen LogP contribution < -0.4 is 24.8 Å². The Labute approximate surface area is 188 Å². The van der Waals surface area contributed by atoms with Crippen LogP contribution in [0, 0.1) is 0 Å². The number of aliphatic hydroxyl groups is 1. The molecule has 9 heteroatoms. The van der Waals surface area contributed by atoms with Gasteiger partial charge in [-0.2, -0.15) is 0 Å². The average molecular weight is 519 g/mol. The monoisotopic (exact) mass is 519 g/mol. The van der Waals surface area contributed by atoms with E-state index in [0.717, 1.165) is 5.56 Å². The van der Waals surface area contributed by atoms with Gasteiger partial charge in [0.15, 0.2) is 17.5 Å². The number of aliphatic imine (C=N–C) groups is 1. The van der Waals surface area contributed by atoms with Gasteiger partial charge in [-0.25, -0.2) is 4.99 Å². The van der Waals surface area contributed by atoms with Crippen LogP contribution in [0.4, 0.5) is 0 Å². The third-order valence-electron chi connectivity index (χ3n) is 4.19. The van der Waals surface area contributed by atoms with Gasteiger partial charge in [0.05, 0.1) is 40.7 Å². The number of methoxy groups -OCH3 is 3. The fourth-order valence-electron chi connectivity index (χ4n) is 2.72. The molecule has 0 aliphatic carbocycles. The minimum absolute atomic E-state index is 0. The summed E-state index contributed by atoms with van der Waals surface area (Å²) in [5.74, 6) is 2.73. The first kappa shape index (κ1) is 24.9. The summed E-state index contributed by atoms with van der Waals surface area (Å²) in [6.07, 6.45) is 1.53. The topological polar surface area (TPSA) is 97.5 Å². The zero-order valence-corrected chi connectivity index (χ0v) is 19.8. The van der Waals surface area contributed by atoms with Crippen LogP contribution in [-0.4, -0.2) is 45.5 Å². The van der Waals surface area contributed by atoms with Crippen molar-refractivity contribution in [3.05, 3.63) is 41.9 Å². The van der Waals surface area contributed by atoms with Crippen molar-refractivity contribution in [1.82, 2.24) is 10.6 Å². The Bertz CT molecular complexity index is 779. The van der Waals surface area contributed by atoms with Crippen LogP contribution in [0.5, 0.6) is 17.2 Å². The quantitative estimate of drug-likeness (QED) is 0.266. The van der Waals surface area contributed by atoms with Gasteiger partial charge < -0.3 is 34.4 Å². The lowest BCUT2D eigenvalue weighted by Gasteiger charge is -2.22. The largest absolute Gasteiger partial charge is 0.493 e. The molecule has 0 amide bonds. The van der Waals surface area contributed by atoms with Gasteiger partial charge in [-0.1, -0.05) is 0 Å². The predicted molar refractivity (Wildman–Crippen MR) is 123 cm³/mol. The molecule has 162 valence electrons. The van der Waals surface area contributed by atoms with E-state index in [-0.39, 0.29) is 30.5 Å². The lowest BCUT2D eigenvalue weighted by Crippen LogP contribution is -2.44. The first-order valence-electron chi connectivity index (χ1n) is 9.03. The third kappa shape index (κ3) is 6.43. The van der Waals surface area contributed by atoms with Crippen molar-refractivity contribution in [3.63, 3.8) is 0 Å². The molecule has 8 nitrogen and oxygen atoms in total. The maximum Gasteiger partial charge on any atom is 0.203 e. The van der Waals surface area contributed by atoms with Crippen molar-refractivity contribution >= 4 is 29.9 Å². The molecule has 1 heterocycles. The standard InChI is InChI=1S/C20H29N3O5.HI/c1-6-21-19(23-13-20(2,24)16-8-7-11-28-16)22-12-14-9-10-15(25-3)18(27-5)17(14)26-4;/h7-11,24H,6,12-13H2,1-5H3,(H2,21,22,23);1H. The zero-order chi connectivity index (χ0) is 20.6. The Hall–Kier alpha value is -2.14. The summed E-state index contributed by atoms with van der Waals surface area (Å²) in [5.41, 5.74) is -0.323. The molecular weight excluding hydrogens is 489 g/mol. The van der Waals surface area contributed by atoms with Gasteiger partial charge in [-0.05, 0) is 38.1 Å². The van der Waals surface area contributed by atoms with Crippen LogP contribution in [-0.2, 0) is 12.1 Å². The summed E-state index contributed by atoms with van der Waals surface area (Å²) in [5, 5.41) is 16.9. The molecule has 29 heavy (non-hydrogen) atoms. The van der Waals surface area contributed by atoms with Gasteiger partial charge in [0.1, 0.15) is 11.4 Å². The molecule has 0 fully saturated rings. The minimum atomic E-state index is -1.17. The fourth-order valence-corrected chi connectivity index (χ4v) is 2.72. The Morgan fingerprint density at radius 2 is 1.83 bits per heavy atom. The molecule has 0 bridgehead atoms. The summed E-state index contributed by atoms with van der Waals surface area (Å²) < 4.78 is 21.5. The molecule has 2 aromatic rings. The van der Waals surface area contributed by atoms with Crippen LogP contribution in [0.3, 0.4) is 0 Å². The van der Waals surface area contributed by atoms with Crippen LogP contribution in [0.1, 0.15) is 25.2 Å². The maximum absolute atomic E-state index is 10.6. The van der Waals surface area contributed by atoms with E-state index >= 15 is 0 Å². The Kier molecular flexibility index (Phi) is 10.1. The van der Waals surface area contributed by atoms with Gasteiger partial charge in [-0.15, -0.1) is 24.0 Å². The molecule has 0 radical (unpaired) electrons. The highest BCUT2D eigenvalue weighted by molar-refractivity contribution is 14.0. The molecule has 0 aliphatic rings. The second-order valence-corrected chi connectivity index (χ2v) is 6.29. The molecule has 1 unspecified atom stereocenters. The predicted octanol–water partition coefficient (Wildman–Crippen LogP) is 2.89.